The van der Waals surface area contributed by atoms with Gasteiger partial charge in [-0.3, -0.25) is 0 Å². The van der Waals surface area contributed by atoms with Crippen LogP contribution in [-0.2, 0) is 0 Å². The van der Waals surface area contributed by atoms with Gasteiger partial charge in [-0.2, -0.15) is 4.98 Å². The number of nitrogens with zero attached hydrogens (tertiary/aromatic N) is 5. The van der Waals surface area contributed by atoms with E-state index in [4.69, 9.17) is 4.98 Å². The van der Waals surface area contributed by atoms with Gasteiger partial charge >= 0.3 is 0 Å². The summed E-state index contributed by atoms with van der Waals surface area (Å²) in [5.74, 6) is 2.02. The summed E-state index contributed by atoms with van der Waals surface area (Å²) in [4.78, 5) is 16.6. The molecular weight excluding hydrogens is 262 g/mol. The summed E-state index contributed by atoms with van der Waals surface area (Å²) in [5.41, 5.74) is 0. The molecular formula is C16H27N5. The molecule has 0 N–H and O–H groups in total. The Labute approximate surface area is 128 Å². The first-order valence-corrected chi connectivity index (χ1v) is 8.42. The van der Waals surface area contributed by atoms with E-state index in [0.717, 1.165) is 57.6 Å². The highest BCUT2D eigenvalue weighted by atomic mass is 15.3. The summed E-state index contributed by atoms with van der Waals surface area (Å²) in [6.07, 6.45) is 7.21. The van der Waals surface area contributed by atoms with Crippen LogP contribution in [0.3, 0.4) is 0 Å². The van der Waals surface area contributed by atoms with Gasteiger partial charge in [0.2, 0.25) is 5.95 Å². The molecule has 2 fully saturated rings. The zero-order valence-electron chi connectivity index (χ0n) is 13.2. The molecule has 0 unspecified atom stereocenters. The predicted octanol–water partition coefficient (Wildman–Crippen LogP) is 2.00. The second kappa shape index (κ2) is 7.07. The molecule has 3 heterocycles. The maximum Gasteiger partial charge on any atom is 0.227 e. The van der Waals surface area contributed by atoms with E-state index in [-0.39, 0.29) is 0 Å². The Morgan fingerprint density at radius 3 is 2.29 bits per heavy atom. The zero-order valence-corrected chi connectivity index (χ0v) is 13.2. The quantitative estimate of drug-likeness (QED) is 0.850. The fraction of sp³-hybridized carbons (Fsp3) is 0.750. The number of likely N-dealkylation sites (N-methyl/N-ethyl adjacent to an activating group) is 1. The van der Waals surface area contributed by atoms with E-state index in [9.17, 15) is 0 Å². The fourth-order valence-corrected chi connectivity index (χ4v) is 3.23. The molecule has 5 heteroatoms. The van der Waals surface area contributed by atoms with Gasteiger partial charge in [0.15, 0.2) is 0 Å². The summed E-state index contributed by atoms with van der Waals surface area (Å²) < 4.78 is 0. The molecule has 0 aliphatic carbocycles. The molecule has 2 aliphatic rings. The van der Waals surface area contributed by atoms with Gasteiger partial charge in [-0.25, -0.2) is 4.98 Å². The second-order valence-corrected chi connectivity index (χ2v) is 6.04. The van der Waals surface area contributed by atoms with E-state index in [1.54, 1.807) is 0 Å². The van der Waals surface area contributed by atoms with Crippen LogP contribution in [0.1, 0.15) is 32.6 Å². The fourth-order valence-electron chi connectivity index (χ4n) is 3.23. The van der Waals surface area contributed by atoms with Crippen LogP contribution in [0.4, 0.5) is 11.8 Å². The molecule has 0 amide bonds. The highest BCUT2D eigenvalue weighted by Gasteiger charge is 2.19. The van der Waals surface area contributed by atoms with Gasteiger partial charge in [0, 0.05) is 45.5 Å². The van der Waals surface area contributed by atoms with Gasteiger partial charge in [-0.1, -0.05) is 19.8 Å². The predicted molar refractivity (Wildman–Crippen MR) is 87.0 cm³/mol. The SMILES string of the molecule is CCN1CCN(c2nccc(N3CCCCCC3)n2)CC1. The van der Waals surface area contributed by atoms with Crippen molar-refractivity contribution in [3.05, 3.63) is 12.3 Å². The molecule has 0 aromatic carbocycles. The molecule has 2 aliphatic heterocycles. The van der Waals surface area contributed by atoms with Crippen LogP contribution < -0.4 is 9.80 Å². The summed E-state index contributed by atoms with van der Waals surface area (Å²) in [6.45, 7) is 9.96. The maximum atomic E-state index is 4.83. The molecule has 0 saturated carbocycles. The van der Waals surface area contributed by atoms with Crippen molar-refractivity contribution in [1.29, 1.82) is 0 Å². The highest BCUT2D eigenvalue weighted by molar-refractivity contribution is 5.44. The Balaban J connectivity index is 1.68. The van der Waals surface area contributed by atoms with Crippen LogP contribution in [0.15, 0.2) is 12.3 Å². The standard InChI is InChI=1S/C16H27N5/c1-2-19-11-13-21(14-12-19)16-17-8-7-15(18-16)20-9-5-3-4-6-10-20/h7-8H,2-6,9-14H2,1H3. The molecule has 2 saturated heterocycles. The van der Waals surface area contributed by atoms with Crippen LogP contribution in [0.2, 0.25) is 0 Å². The van der Waals surface area contributed by atoms with E-state index in [1.165, 1.54) is 25.7 Å². The van der Waals surface area contributed by atoms with Crippen LogP contribution in [0.25, 0.3) is 0 Å². The summed E-state index contributed by atoms with van der Waals surface area (Å²) in [7, 11) is 0. The third-order valence-corrected chi connectivity index (χ3v) is 4.66. The molecule has 5 nitrogen and oxygen atoms in total. The van der Waals surface area contributed by atoms with Gasteiger partial charge in [-0.15, -0.1) is 0 Å². The van der Waals surface area contributed by atoms with E-state index >= 15 is 0 Å². The van der Waals surface area contributed by atoms with Crippen molar-refractivity contribution in [1.82, 2.24) is 14.9 Å². The minimum atomic E-state index is 0.910. The maximum absolute atomic E-state index is 4.83. The average molecular weight is 289 g/mol. The van der Waals surface area contributed by atoms with Crippen molar-refractivity contribution in [2.75, 3.05) is 55.6 Å². The van der Waals surface area contributed by atoms with Crippen molar-refractivity contribution in [2.45, 2.75) is 32.6 Å². The lowest BCUT2D eigenvalue weighted by Gasteiger charge is -2.34. The van der Waals surface area contributed by atoms with E-state index in [1.807, 2.05) is 6.20 Å². The number of hydrogen-bond acceptors (Lipinski definition) is 5. The van der Waals surface area contributed by atoms with Crippen molar-refractivity contribution in [2.24, 2.45) is 0 Å². The first-order valence-electron chi connectivity index (χ1n) is 8.42. The van der Waals surface area contributed by atoms with E-state index in [2.05, 4.69) is 32.7 Å². The van der Waals surface area contributed by atoms with Crippen LogP contribution in [0.5, 0.6) is 0 Å². The lowest BCUT2D eigenvalue weighted by molar-refractivity contribution is 0.270. The van der Waals surface area contributed by atoms with Gasteiger partial charge in [0.1, 0.15) is 5.82 Å². The van der Waals surface area contributed by atoms with Gasteiger partial charge in [-0.05, 0) is 25.5 Å². The Bertz CT molecular complexity index is 434. The van der Waals surface area contributed by atoms with Gasteiger partial charge < -0.3 is 14.7 Å². The second-order valence-electron chi connectivity index (χ2n) is 6.04. The van der Waals surface area contributed by atoms with Crippen molar-refractivity contribution in [3.63, 3.8) is 0 Å². The topological polar surface area (TPSA) is 35.5 Å². The largest absolute Gasteiger partial charge is 0.356 e. The van der Waals surface area contributed by atoms with E-state index < -0.39 is 0 Å². The molecule has 0 spiro atoms. The third kappa shape index (κ3) is 3.64. The third-order valence-electron chi connectivity index (χ3n) is 4.66. The van der Waals surface area contributed by atoms with Crippen LogP contribution >= 0.6 is 0 Å². The van der Waals surface area contributed by atoms with Gasteiger partial charge in [0.05, 0.1) is 0 Å². The average Bonchev–Trinajstić information content (AvgIpc) is 2.84. The van der Waals surface area contributed by atoms with E-state index in [0.29, 0.717) is 0 Å². The molecule has 1 aromatic heterocycles. The molecule has 3 rings (SSSR count). The van der Waals surface area contributed by atoms with Crippen LogP contribution in [-0.4, -0.2) is 60.7 Å². The number of hydrogen-bond donors (Lipinski definition) is 0. The summed E-state index contributed by atoms with van der Waals surface area (Å²) in [6, 6.07) is 2.07. The van der Waals surface area contributed by atoms with Crippen molar-refractivity contribution in [3.8, 4) is 0 Å². The van der Waals surface area contributed by atoms with Crippen molar-refractivity contribution >= 4 is 11.8 Å². The highest BCUT2D eigenvalue weighted by Crippen LogP contribution is 2.20. The number of aromatic nitrogens is 2. The Morgan fingerprint density at radius 2 is 1.62 bits per heavy atom. The number of piperazine rings is 1. The smallest absolute Gasteiger partial charge is 0.227 e. The van der Waals surface area contributed by atoms with Crippen molar-refractivity contribution < 1.29 is 0 Å². The molecule has 1 aromatic rings. The molecule has 116 valence electrons. The molecule has 0 bridgehead atoms. The Kier molecular flexibility index (Phi) is 4.91. The molecule has 21 heavy (non-hydrogen) atoms. The minimum absolute atomic E-state index is 0.910. The van der Waals surface area contributed by atoms with Gasteiger partial charge in [0.25, 0.3) is 0 Å². The summed E-state index contributed by atoms with van der Waals surface area (Å²) >= 11 is 0. The molecule has 0 atom stereocenters. The molecule has 0 radical (unpaired) electrons. The number of rotatable bonds is 3. The monoisotopic (exact) mass is 289 g/mol. The normalized spacial score (nSPS) is 21.4. The number of anilines is 2. The Morgan fingerprint density at radius 1 is 0.905 bits per heavy atom. The minimum Gasteiger partial charge on any atom is -0.356 e. The first kappa shape index (κ1) is 14.6. The lowest BCUT2D eigenvalue weighted by atomic mass is 10.2. The zero-order chi connectivity index (χ0) is 14.5. The first-order chi connectivity index (χ1) is 10.4. The lowest BCUT2D eigenvalue weighted by Crippen LogP contribution is -2.46. The van der Waals surface area contributed by atoms with Crippen LogP contribution in [0, 0.1) is 0 Å². The Hall–Kier alpha value is -1.36. The summed E-state index contributed by atoms with van der Waals surface area (Å²) in [5, 5.41) is 0.